The molecule has 24 heavy (non-hydrogen) atoms. The Morgan fingerprint density at radius 1 is 1.54 bits per heavy atom. The van der Waals surface area contributed by atoms with Crippen LogP contribution in [0, 0.1) is 14.0 Å². The molecular formula is C16H20ClFN2NbO3-2. The summed E-state index contributed by atoms with van der Waals surface area (Å²) < 4.78 is 25.0. The maximum Gasteiger partial charge on any atom is -0.358 e. The van der Waals surface area contributed by atoms with Crippen LogP contribution in [0.1, 0.15) is 37.0 Å². The Morgan fingerprint density at radius 2 is 2.17 bits per heavy atom. The molecule has 1 aromatic rings. The Kier molecular flexibility index (Phi) is 10.3. The number of carbonyl (C=O) groups is 1. The van der Waals surface area contributed by atoms with Crippen molar-refractivity contribution in [3.8, 4) is 0 Å². The van der Waals surface area contributed by atoms with Crippen LogP contribution in [-0.4, -0.2) is 32.6 Å². The first-order chi connectivity index (χ1) is 10.9. The Hall–Kier alpha value is -1.05. The Labute approximate surface area is 158 Å². The molecule has 1 rings (SSSR count). The molecule has 0 fully saturated rings. The summed E-state index contributed by atoms with van der Waals surface area (Å²) in [6, 6.07) is 0. The molecule has 133 valence electrons. The molecule has 0 radical (unpaired) electrons. The first kappa shape index (κ1) is 23.0. The maximum atomic E-state index is 13.2. The Balaban J connectivity index is 0.00000529. The molecule has 1 aromatic heterocycles. The Bertz CT molecular complexity index is 642. The molecule has 8 heteroatoms. The molecule has 0 aromatic carbocycles. The van der Waals surface area contributed by atoms with Gasteiger partial charge in [0.25, 0.3) is 0 Å². The zero-order valence-electron chi connectivity index (χ0n) is 14.0. The maximum absolute atomic E-state index is 13.2. The molecule has 0 N–H and O–H groups in total. The van der Waals surface area contributed by atoms with E-state index in [1.54, 1.807) is 6.92 Å². The van der Waals surface area contributed by atoms with Crippen LogP contribution in [0.3, 0.4) is 0 Å². The van der Waals surface area contributed by atoms with E-state index >= 15 is 0 Å². The van der Waals surface area contributed by atoms with Gasteiger partial charge in [-0.05, 0) is 0 Å². The average molecular weight is 436 g/mol. The molecule has 0 saturated carbocycles. The van der Waals surface area contributed by atoms with E-state index in [4.69, 9.17) is 27.7 Å². The van der Waals surface area contributed by atoms with Crippen molar-refractivity contribution in [1.29, 1.82) is 0 Å². The predicted octanol–water partition coefficient (Wildman–Crippen LogP) is 3.56. The molecule has 1 unspecified atom stereocenters. The van der Waals surface area contributed by atoms with Gasteiger partial charge in [-0.25, -0.2) is 0 Å². The first-order valence-corrected chi connectivity index (χ1v) is 8.41. The van der Waals surface area contributed by atoms with E-state index in [1.807, 2.05) is 6.92 Å². The normalized spacial score (nSPS) is 12.2. The number of halogens is 2. The number of allylic oxidation sites excluding steroid dienone is 2. The van der Waals surface area contributed by atoms with Crippen molar-refractivity contribution >= 4 is 27.1 Å². The number of esters is 1. The number of alkyl halides is 1. The summed E-state index contributed by atoms with van der Waals surface area (Å²) in [6.07, 6.45) is 1.32. The summed E-state index contributed by atoms with van der Waals surface area (Å²) in [7, 11) is 0. The van der Waals surface area contributed by atoms with Crippen LogP contribution in [0.15, 0.2) is 12.2 Å². The number of hydrogen-bond donors (Lipinski definition) is 0. The number of aryl methyl sites for hydroxylation is 1. The van der Waals surface area contributed by atoms with Crippen LogP contribution < -0.4 is 0 Å². The minimum atomic E-state index is -1.49. The zero-order chi connectivity index (χ0) is 17.6. The summed E-state index contributed by atoms with van der Waals surface area (Å²) in [5.74, 6) is -0.621. The second-order valence-corrected chi connectivity index (χ2v) is 5.66. The van der Waals surface area contributed by atoms with Gasteiger partial charge in [-0.1, -0.05) is 0 Å². The summed E-state index contributed by atoms with van der Waals surface area (Å²) in [6.45, 7) is 10.9. The number of aromatic nitrogens is 2. The third kappa shape index (κ3) is 5.50. The third-order valence-electron chi connectivity index (χ3n) is 2.69. The fourth-order valence-electron chi connectivity index (χ4n) is 1.82. The van der Waals surface area contributed by atoms with E-state index in [0.717, 1.165) is 20.6 Å². The van der Waals surface area contributed by atoms with Gasteiger partial charge in [0.15, 0.2) is 0 Å². The summed E-state index contributed by atoms with van der Waals surface area (Å²) in [4.78, 5) is 11.9. The molecule has 5 nitrogen and oxygen atoms in total. The van der Waals surface area contributed by atoms with Crippen molar-refractivity contribution < 1.29 is 39.3 Å². The molecule has 0 bridgehead atoms. The molecule has 0 spiro atoms. The van der Waals surface area contributed by atoms with Gasteiger partial charge in [0.2, 0.25) is 0 Å². The Morgan fingerprint density at radius 3 is 2.62 bits per heavy atom. The zero-order valence-corrected chi connectivity index (χ0v) is 17.0. The van der Waals surface area contributed by atoms with E-state index in [-0.39, 0.29) is 24.8 Å². The van der Waals surface area contributed by atoms with Gasteiger partial charge in [-0.15, -0.1) is 0 Å². The van der Waals surface area contributed by atoms with Crippen molar-refractivity contribution in [2.45, 2.75) is 33.7 Å². The largest absolute Gasteiger partial charge is 0.358 e. The molecule has 0 aliphatic heterocycles. The van der Waals surface area contributed by atoms with Crippen LogP contribution in [0.2, 0.25) is 5.02 Å². The fourth-order valence-corrected chi connectivity index (χ4v) is 2.94. The van der Waals surface area contributed by atoms with Crippen LogP contribution >= 0.6 is 11.6 Å². The van der Waals surface area contributed by atoms with Gasteiger partial charge < -0.3 is 7.43 Å². The molecule has 1 atom stereocenters. The summed E-state index contributed by atoms with van der Waals surface area (Å²) in [5.41, 5.74) is 0.886. The first-order valence-electron chi connectivity index (χ1n) is 6.93. The number of hydrogen-bond acceptors (Lipinski definition) is 4. The van der Waals surface area contributed by atoms with Gasteiger partial charge in [-0.2, -0.15) is 0 Å². The monoisotopic (exact) mass is 435 g/mol. The fraction of sp³-hybridized carbons (Fsp3) is 0.375. The smallest absolute Gasteiger partial charge is 0.358 e. The van der Waals surface area contributed by atoms with Gasteiger partial charge in [0.05, 0.1) is 0 Å². The van der Waals surface area contributed by atoms with Crippen LogP contribution in [0.5, 0.6) is 0 Å². The molecule has 0 aliphatic rings. The standard InChI is InChI=1S/C15H17ClFN2O3.CH3.Nb/c1-5-8-11(9-22-10(4)17)14-12(16)13(15(20)21-7-3)18-19(14)6-2;;/h1,5,8,10H,6-7H2,2-4H3;1H3;/q2*-1;/b11-8+;;. The van der Waals surface area contributed by atoms with E-state index in [2.05, 4.69) is 5.10 Å². The van der Waals surface area contributed by atoms with E-state index in [9.17, 15) is 9.18 Å². The second-order valence-electron chi connectivity index (χ2n) is 4.29. The number of carbonyl (C=O) groups excluding carboxylic acids is 1. The molecule has 0 amide bonds. The summed E-state index contributed by atoms with van der Waals surface area (Å²) in [5, 5.41) is 4.28. The molecular weight excluding hydrogens is 416 g/mol. The van der Waals surface area contributed by atoms with Crippen molar-refractivity contribution in [2.75, 3.05) is 6.61 Å². The van der Waals surface area contributed by atoms with Crippen molar-refractivity contribution in [3.05, 3.63) is 42.6 Å². The van der Waals surface area contributed by atoms with E-state index < -0.39 is 12.3 Å². The number of rotatable bonds is 8. The second kappa shape index (κ2) is 10.7. The number of nitrogens with zero attached hydrogens (tertiary/aromatic N) is 2. The SMILES string of the molecule is [CH-]=C/C=C(\[C](=[Nb])OC(C)F)c1c(Cl)c(C(=O)OCC)nn1CC.[CH3-]. The molecule has 1 heterocycles. The van der Waals surface area contributed by atoms with Crippen LogP contribution in [-0.2, 0) is 36.6 Å². The van der Waals surface area contributed by atoms with E-state index in [1.165, 1.54) is 23.8 Å². The van der Waals surface area contributed by atoms with Crippen LogP contribution in [0.25, 0.3) is 5.57 Å². The average Bonchev–Trinajstić information content (AvgIpc) is 2.81. The van der Waals surface area contributed by atoms with Gasteiger partial charge >= 0.3 is 152 Å². The van der Waals surface area contributed by atoms with Crippen LogP contribution in [0.4, 0.5) is 4.39 Å². The van der Waals surface area contributed by atoms with Crippen molar-refractivity contribution in [3.63, 3.8) is 0 Å². The quantitative estimate of drug-likeness (QED) is 0.271. The minimum absolute atomic E-state index is 0. The predicted molar refractivity (Wildman–Crippen MR) is 88.8 cm³/mol. The topological polar surface area (TPSA) is 53.4 Å². The number of ether oxygens (including phenoxy) is 2. The minimum Gasteiger partial charge on any atom is -0.358 e. The molecule has 0 saturated heterocycles. The van der Waals surface area contributed by atoms with Gasteiger partial charge in [0.1, 0.15) is 0 Å². The van der Waals surface area contributed by atoms with Gasteiger partial charge in [-0.3, -0.25) is 0 Å². The van der Waals surface area contributed by atoms with Crippen molar-refractivity contribution in [2.24, 2.45) is 0 Å². The third-order valence-corrected chi connectivity index (χ3v) is 3.89. The van der Waals surface area contributed by atoms with Gasteiger partial charge in [0, 0.05) is 0 Å². The van der Waals surface area contributed by atoms with Crippen molar-refractivity contribution in [1.82, 2.24) is 9.78 Å². The van der Waals surface area contributed by atoms with E-state index in [0.29, 0.717) is 21.7 Å². The summed E-state index contributed by atoms with van der Waals surface area (Å²) >= 11 is 7.48. The molecule has 0 aliphatic carbocycles.